The normalized spacial score (nSPS) is 13.3. The first-order chi connectivity index (χ1) is 7.13. The molecule has 0 saturated heterocycles. The molecule has 4 heteroatoms. The van der Waals surface area contributed by atoms with Crippen molar-refractivity contribution in [2.45, 2.75) is 19.4 Å². The summed E-state index contributed by atoms with van der Waals surface area (Å²) in [5, 5.41) is 0.706. The van der Waals surface area contributed by atoms with E-state index in [0.29, 0.717) is 5.02 Å². The molecule has 0 aliphatic carbocycles. The summed E-state index contributed by atoms with van der Waals surface area (Å²) in [6.07, 6.45) is 0.880. The highest BCUT2D eigenvalue weighted by Crippen LogP contribution is 2.22. The molecule has 1 atom stereocenters. The van der Waals surface area contributed by atoms with Crippen LogP contribution in [-0.2, 0) is 7.05 Å². The predicted molar refractivity (Wildman–Crippen MR) is 62.9 cm³/mol. The molecule has 1 unspecified atom stereocenters. The fourth-order valence-corrected chi connectivity index (χ4v) is 1.87. The molecule has 1 aromatic carbocycles. The van der Waals surface area contributed by atoms with Gasteiger partial charge in [-0.25, -0.2) is 4.98 Å². The second-order valence-corrected chi connectivity index (χ2v) is 4.11. The van der Waals surface area contributed by atoms with E-state index in [0.717, 1.165) is 23.3 Å². The summed E-state index contributed by atoms with van der Waals surface area (Å²) in [5.41, 5.74) is 7.95. The number of hydrogen-bond donors (Lipinski definition) is 1. The maximum Gasteiger partial charge on any atom is 0.126 e. The van der Waals surface area contributed by atoms with Crippen molar-refractivity contribution in [1.82, 2.24) is 9.55 Å². The SMILES string of the molecule is CCC(N)c1nc2cc(Cl)ccc2n1C. The average Bonchev–Trinajstić information content (AvgIpc) is 2.54. The van der Waals surface area contributed by atoms with Crippen LogP contribution in [0, 0.1) is 0 Å². The molecule has 0 aliphatic heterocycles. The molecule has 0 bridgehead atoms. The Morgan fingerprint density at radius 1 is 1.53 bits per heavy atom. The number of aryl methyl sites for hydroxylation is 1. The summed E-state index contributed by atoms with van der Waals surface area (Å²) in [4.78, 5) is 4.50. The van der Waals surface area contributed by atoms with Gasteiger partial charge in [0, 0.05) is 12.1 Å². The molecular formula is C11H14ClN3. The van der Waals surface area contributed by atoms with E-state index in [9.17, 15) is 0 Å². The van der Waals surface area contributed by atoms with Crippen molar-refractivity contribution in [3.8, 4) is 0 Å². The number of halogens is 1. The number of nitrogens with two attached hydrogens (primary N) is 1. The minimum atomic E-state index is -0.0128. The van der Waals surface area contributed by atoms with Crippen molar-refractivity contribution in [3.63, 3.8) is 0 Å². The minimum absolute atomic E-state index is 0.0128. The highest BCUT2D eigenvalue weighted by Gasteiger charge is 2.12. The van der Waals surface area contributed by atoms with E-state index in [2.05, 4.69) is 11.9 Å². The Kier molecular flexibility index (Phi) is 2.67. The molecule has 3 nitrogen and oxygen atoms in total. The van der Waals surface area contributed by atoms with Crippen LogP contribution in [0.15, 0.2) is 18.2 Å². The molecule has 2 aromatic rings. The van der Waals surface area contributed by atoms with Gasteiger partial charge in [-0.1, -0.05) is 18.5 Å². The Hall–Kier alpha value is -1.06. The Morgan fingerprint density at radius 3 is 2.93 bits per heavy atom. The second-order valence-electron chi connectivity index (χ2n) is 3.68. The van der Waals surface area contributed by atoms with Crippen LogP contribution in [0.1, 0.15) is 25.2 Å². The van der Waals surface area contributed by atoms with E-state index in [-0.39, 0.29) is 6.04 Å². The van der Waals surface area contributed by atoms with E-state index in [1.54, 1.807) is 0 Å². The average molecular weight is 224 g/mol. The summed E-state index contributed by atoms with van der Waals surface area (Å²) < 4.78 is 2.03. The Balaban J connectivity index is 2.63. The zero-order valence-corrected chi connectivity index (χ0v) is 9.62. The van der Waals surface area contributed by atoms with Crippen LogP contribution < -0.4 is 5.73 Å². The summed E-state index contributed by atoms with van der Waals surface area (Å²) in [6.45, 7) is 2.05. The van der Waals surface area contributed by atoms with Crippen molar-refractivity contribution in [3.05, 3.63) is 29.0 Å². The van der Waals surface area contributed by atoms with Gasteiger partial charge in [0.25, 0.3) is 0 Å². The first kappa shape index (κ1) is 10.5. The lowest BCUT2D eigenvalue weighted by molar-refractivity contribution is 0.623. The quantitative estimate of drug-likeness (QED) is 0.851. The predicted octanol–water partition coefficient (Wildman–Crippen LogP) is 2.64. The van der Waals surface area contributed by atoms with Gasteiger partial charge in [0.15, 0.2) is 0 Å². The van der Waals surface area contributed by atoms with Crippen LogP contribution in [0.2, 0.25) is 5.02 Å². The fourth-order valence-electron chi connectivity index (χ4n) is 1.71. The van der Waals surface area contributed by atoms with Crippen LogP contribution in [0.25, 0.3) is 11.0 Å². The summed E-state index contributed by atoms with van der Waals surface area (Å²) in [7, 11) is 1.98. The van der Waals surface area contributed by atoms with Gasteiger partial charge < -0.3 is 10.3 Å². The molecule has 15 heavy (non-hydrogen) atoms. The monoisotopic (exact) mass is 223 g/mol. The largest absolute Gasteiger partial charge is 0.330 e. The van der Waals surface area contributed by atoms with Gasteiger partial charge in [0.05, 0.1) is 17.1 Å². The number of benzene rings is 1. The smallest absolute Gasteiger partial charge is 0.126 e. The van der Waals surface area contributed by atoms with Crippen LogP contribution in [0.3, 0.4) is 0 Å². The Morgan fingerprint density at radius 2 is 2.27 bits per heavy atom. The van der Waals surface area contributed by atoms with Crippen LogP contribution in [-0.4, -0.2) is 9.55 Å². The van der Waals surface area contributed by atoms with Gasteiger partial charge in [-0.2, -0.15) is 0 Å². The van der Waals surface area contributed by atoms with Gasteiger partial charge in [-0.05, 0) is 24.6 Å². The van der Waals surface area contributed by atoms with Crippen molar-refractivity contribution >= 4 is 22.6 Å². The molecule has 0 saturated carbocycles. The molecule has 0 amide bonds. The molecule has 0 aliphatic rings. The number of imidazole rings is 1. The third-order valence-corrected chi connectivity index (χ3v) is 2.88. The number of rotatable bonds is 2. The first-order valence-corrected chi connectivity index (χ1v) is 5.38. The number of aromatic nitrogens is 2. The molecule has 1 aromatic heterocycles. The minimum Gasteiger partial charge on any atom is -0.330 e. The van der Waals surface area contributed by atoms with Crippen molar-refractivity contribution in [1.29, 1.82) is 0 Å². The maximum absolute atomic E-state index is 5.98. The summed E-state index contributed by atoms with van der Waals surface area (Å²) >= 11 is 5.91. The van der Waals surface area contributed by atoms with Gasteiger partial charge >= 0.3 is 0 Å². The standard InChI is InChI=1S/C11H14ClN3/c1-3-8(13)11-14-9-6-7(12)4-5-10(9)15(11)2/h4-6,8H,3,13H2,1-2H3. The van der Waals surface area contributed by atoms with Gasteiger partial charge in [0.2, 0.25) is 0 Å². The maximum atomic E-state index is 5.98. The lowest BCUT2D eigenvalue weighted by Crippen LogP contribution is -2.13. The molecule has 0 fully saturated rings. The molecule has 2 N–H and O–H groups in total. The molecule has 80 valence electrons. The van der Waals surface area contributed by atoms with Crippen molar-refractivity contribution in [2.24, 2.45) is 12.8 Å². The van der Waals surface area contributed by atoms with Gasteiger partial charge in [0.1, 0.15) is 5.82 Å². The Bertz CT molecular complexity index is 490. The summed E-state index contributed by atoms with van der Waals surface area (Å²) in [6, 6.07) is 5.69. The van der Waals surface area contributed by atoms with Crippen molar-refractivity contribution < 1.29 is 0 Å². The third-order valence-electron chi connectivity index (χ3n) is 2.65. The topological polar surface area (TPSA) is 43.8 Å². The van der Waals surface area contributed by atoms with Crippen LogP contribution in [0.5, 0.6) is 0 Å². The van der Waals surface area contributed by atoms with Crippen LogP contribution >= 0.6 is 11.6 Å². The van der Waals surface area contributed by atoms with E-state index < -0.39 is 0 Å². The molecule has 0 radical (unpaired) electrons. The van der Waals surface area contributed by atoms with E-state index in [1.165, 1.54) is 0 Å². The second kappa shape index (κ2) is 3.83. The molecule has 1 heterocycles. The Labute approximate surface area is 93.9 Å². The van der Waals surface area contributed by atoms with E-state index in [4.69, 9.17) is 17.3 Å². The zero-order chi connectivity index (χ0) is 11.0. The number of hydrogen-bond acceptors (Lipinski definition) is 2. The lowest BCUT2D eigenvalue weighted by atomic mass is 10.2. The first-order valence-electron chi connectivity index (χ1n) is 5.01. The number of fused-ring (bicyclic) bond motifs is 1. The van der Waals surface area contributed by atoms with Gasteiger partial charge in [-0.15, -0.1) is 0 Å². The van der Waals surface area contributed by atoms with Gasteiger partial charge in [-0.3, -0.25) is 0 Å². The molecule has 2 rings (SSSR count). The third kappa shape index (κ3) is 1.73. The lowest BCUT2D eigenvalue weighted by Gasteiger charge is -2.07. The van der Waals surface area contributed by atoms with E-state index in [1.807, 2.05) is 29.8 Å². The number of nitrogens with zero attached hydrogens (tertiary/aromatic N) is 2. The highest BCUT2D eigenvalue weighted by atomic mass is 35.5. The van der Waals surface area contributed by atoms with Crippen molar-refractivity contribution in [2.75, 3.05) is 0 Å². The van der Waals surface area contributed by atoms with E-state index >= 15 is 0 Å². The highest BCUT2D eigenvalue weighted by molar-refractivity contribution is 6.31. The molecular weight excluding hydrogens is 210 g/mol. The van der Waals surface area contributed by atoms with Crippen LogP contribution in [0.4, 0.5) is 0 Å². The zero-order valence-electron chi connectivity index (χ0n) is 8.87. The fraction of sp³-hybridized carbons (Fsp3) is 0.364. The molecule has 0 spiro atoms. The summed E-state index contributed by atoms with van der Waals surface area (Å²) in [5.74, 6) is 0.912.